The minimum absolute atomic E-state index is 0.0103. The first-order valence-electron chi connectivity index (χ1n) is 7.60. The number of carbonyl (C=O) groups excluding carboxylic acids is 1. The minimum Gasteiger partial charge on any atom is -0.327 e. The molecule has 0 bridgehead atoms. The number of likely N-dealkylation sites (tertiary alicyclic amines) is 1. The zero-order valence-electron chi connectivity index (χ0n) is 12.3. The third kappa shape index (κ3) is 2.89. The molecule has 7 nitrogen and oxygen atoms in total. The smallest absolute Gasteiger partial charge is 0.321 e. The lowest BCUT2D eigenvalue weighted by molar-refractivity contribution is -0.384. The Labute approximate surface area is 128 Å². The van der Waals surface area contributed by atoms with Gasteiger partial charge in [0, 0.05) is 37.0 Å². The predicted octanol–water partition coefficient (Wildman–Crippen LogP) is 2.19. The van der Waals surface area contributed by atoms with Crippen molar-refractivity contribution in [1.29, 1.82) is 0 Å². The fraction of sp³-hybridized carbons (Fsp3) is 0.533. The van der Waals surface area contributed by atoms with Crippen molar-refractivity contribution in [3.63, 3.8) is 0 Å². The second-order valence-electron chi connectivity index (χ2n) is 6.16. The molecule has 1 saturated carbocycles. The molecule has 118 valence electrons. The summed E-state index contributed by atoms with van der Waals surface area (Å²) >= 11 is 0. The van der Waals surface area contributed by atoms with Crippen LogP contribution in [-0.4, -0.2) is 35.0 Å². The van der Waals surface area contributed by atoms with Gasteiger partial charge in [0.2, 0.25) is 0 Å². The van der Waals surface area contributed by atoms with Crippen LogP contribution >= 0.6 is 0 Å². The summed E-state index contributed by atoms with van der Waals surface area (Å²) < 4.78 is 0. The van der Waals surface area contributed by atoms with Crippen LogP contribution in [0.25, 0.3) is 0 Å². The highest BCUT2D eigenvalue weighted by molar-refractivity contribution is 5.89. The number of non-ortho nitro benzene ring substituents is 1. The van der Waals surface area contributed by atoms with Gasteiger partial charge in [-0.25, -0.2) is 4.79 Å². The second-order valence-corrected chi connectivity index (χ2v) is 6.16. The van der Waals surface area contributed by atoms with Crippen molar-refractivity contribution in [2.45, 2.75) is 25.3 Å². The first-order chi connectivity index (χ1) is 10.5. The van der Waals surface area contributed by atoms with Gasteiger partial charge < -0.3 is 16.0 Å². The Morgan fingerprint density at radius 1 is 1.27 bits per heavy atom. The molecule has 3 unspecified atom stereocenters. The summed E-state index contributed by atoms with van der Waals surface area (Å²) in [5.41, 5.74) is 6.73. The van der Waals surface area contributed by atoms with Gasteiger partial charge in [-0.15, -0.1) is 0 Å². The molecule has 22 heavy (non-hydrogen) atoms. The highest BCUT2D eigenvalue weighted by Crippen LogP contribution is 2.35. The van der Waals surface area contributed by atoms with Crippen LogP contribution in [0.2, 0.25) is 0 Å². The number of nitrogens with zero attached hydrogens (tertiary/aromatic N) is 2. The van der Waals surface area contributed by atoms with Crippen LogP contribution in [0.5, 0.6) is 0 Å². The number of nitro groups is 1. The fourth-order valence-corrected chi connectivity index (χ4v) is 3.55. The van der Waals surface area contributed by atoms with E-state index in [0.717, 1.165) is 25.8 Å². The molecule has 2 amide bonds. The molecule has 1 aliphatic carbocycles. The van der Waals surface area contributed by atoms with Crippen LogP contribution in [0.15, 0.2) is 24.3 Å². The number of hydrogen-bond acceptors (Lipinski definition) is 4. The Morgan fingerprint density at radius 2 is 2.00 bits per heavy atom. The lowest BCUT2D eigenvalue weighted by atomic mass is 9.78. The Kier molecular flexibility index (Phi) is 3.98. The number of nitrogens with one attached hydrogen (secondary N) is 1. The number of amides is 2. The summed E-state index contributed by atoms with van der Waals surface area (Å²) in [4.78, 5) is 24.3. The molecule has 0 aromatic heterocycles. The van der Waals surface area contributed by atoms with Crippen molar-refractivity contribution in [2.75, 3.05) is 18.4 Å². The summed E-state index contributed by atoms with van der Waals surface area (Å²) in [6.45, 7) is 1.45. The van der Waals surface area contributed by atoms with Crippen LogP contribution in [-0.2, 0) is 0 Å². The first kappa shape index (κ1) is 14.8. The molecule has 0 radical (unpaired) electrons. The minimum atomic E-state index is -0.460. The van der Waals surface area contributed by atoms with E-state index in [-0.39, 0.29) is 17.8 Å². The van der Waals surface area contributed by atoms with E-state index in [4.69, 9.17) is 5.73 Å². The average Bonchev–Trinajstić information content (AvgIpc) is 2.93. The van der Waals surface area contributed by atoms with Gasteiger partial charge in [-0.2, -0.15) is 0 Å². The van der Waals surface area contributed by atoms with Crippen molar-refractivity contribution in [3.8, 4) is 0 Å². The number of hydrogen-bond donors (Lipinski definition) is 2. The zero-order valence-corrected chi connectivity index (χ0v) is 12.3. The number of fused-ring (bicyclic) bond motifs is 1. The van der Waals surface area contributed by atoms with E-state index in [1.54, 1.807) is 12.1 Å². The fourth-order valence-electron chi connectivity index (χ4n) is 3.55. The molecule has 0 spiro atoms. The molecule has 2 aliphatic rings. The predicted molar refractivity (Wildman–Crippen MR) is 82.5 cm³/mol. The Bertz CT molecular complexity index is 575. The van der Waals surface area contributed by atoms with E-state index in [9.17, 15) is 14.9 Å². The van der Waals surface area contributed by atoms with Crippen molar-refractivity contribution in [3.05, 3.63) is 34.4 Å². The molecule has 3 atom stereocenters. The molecule has 2 fully saturated rings. The van der Waals surface area contributed by atoms with Crippen molar-refractivity contribution >= 4 is 17.4 Å². The van der Waals surface area contributed by atoms with E-state index in [1.165, 1.54) is 12.1 Å². The monoisotopic (exact) mass is 304 g/mol. The second kappa shape index (κ2) is 5.92. The normalized spacial score (nSPS) is 27.3. The third-order valence-corrected chi connectivity index (χ3v) is 4.77. The number of carbonyl (C=O) groups is 1. The van der Waals surface area contributed by atoms with Gasteiger partial charge in [0.1, 0.15) is 0 Å². The standard InChI is InChI=1S/C15H20N4O3/c16-14-3-1-2-10-8-18(9-13(10)14)15(20)17-11-4-6-12(7-5-11)19(21)22/h4-7,10,13-14H,1-3,8-9,16H2,(H,17,20). The summed E-state index contributed by atoms with van der Waals surface area (Å²) in [5, 5.41) is 13.4. The highest BCUT2D eigenvalue weighted by Gasteiger charge is 2.40. The molecule has 1 heterocycles. The van der Waals surface area contributed by atoms with Gasteiger partial charge in [-0.3, -0.25) is 10.1 Å². The average molecular weight is 304 g/mol. The number of benzene rings is 1. The number of nitrogens with two attached hydrogens (primary N) is 1. The number of urea groups is 1. The van der Waals surface area contributed by atoms with Gasteiger partial charge in [0.15, 0.2) is 0 Å². The number of anilines is 1. The largest absolute Gasteiger partial charge is 0.327 e. The van der Waals surface area contributed by atoms with Gasteiger partial charge in [0.05, 0.1) is 4.92 Å². The number of rotatable bonds is 2. The SMILES string of the molecule is NC1CCCC2CN(C(=O)Nc3ccc([N+](=O)[O-])cc3)CC12. The molecule has 1 aliphatic heterocycles. The zero-order chi connectivity index (χ0) is 15.7. The molecule has 1 aromatic rings. The Balaban J connectivity index is 1.61. The molecule has 7 heteroatoms. The maximum Gasteiger partial charge on any atom is 0.321 e. The summed E-state index contributed by atoms with van der Waals surface area (Å²) in [5.74, 6) is 0.905. The molecule has 1 saturated heterocycles. The van der Waals surface area contributed by atoms with E-state index in [1.807, 2.05) is 4.90 Å². The van der Waals surface area contributed by atoms with Crippen molar-refractivity contribution in [2.24, 2.45) is 17.6 Å². The van der Waals surface area contributed by atoms with E-state index < -0.39 is 4.92 Å². The maximum absolute atomic E-state index is 12.3. The highest BCUT2D eigenvalue weighted by atomic mass is 16.6. The first-order valence-corrected chi connectivity index (χ1v) is 7.60. The summed E-state index contributed by atoms with van der Waals surface area (Å²) in [6, 6.07) is 5.90. The third-order valence-electron chi connectivity index (χ3n) is 4.77. The van der Waals surface area contributed by atoms with Gasteiger partial charge in [-0.05, 0) is 36.8 Å². The Hall–Kier alpha value is -2.15. The molecular formula is C15H20N4O3. The topological polar surface area (TPSA) is 102 Å². The summed E-state index contributed by atoms with van der Waals surface area (Å²) in [7, 11) is 0. The van der Waals surface area contributed by atoms with E-state index in [0.29, 0.717) is 24.1 Å². The van der Waals surface area contributed by atoms with Crippen molar-refractivity contribution < 1.29 is 9.72 Å². The van der Waals surface area contributed by atoms with E-state index >= 15 is 0 Å². The number of nitro benzene ring substituents is 1. The van der Waals surface area contributed by atoms with Crippen LogP contribution in [0.3, 0.4) is 0 Å². The lowest BCUT2D eigenvalue weighted by Gasteiger charge is -2.29. The van der Waals surface area contributed by atoms with Crippen LogP contribution in [0, 0.1) is 22.0 Å². The van der Waals surface area contributed by atoms with Gasteiger partial charge in [0.25, 0.3) is 5.69 Å². The maximum atomic E-state index is 12.3. The van der Waals surface area contributed by atoms with Gasteiger partial charge >= 0.3 is 6.03 Å². The summed E-state index contributed by atoms with van der Waals surface area (Å²) in [6.07, 6.45) is 3.32. The van der Waals surface area contributed by atoms with Gasteiger partial charge in [-0.1, -0.05) is 6.42 Å². The quantitative estimate of drug-likeness (QED) is 0.646. The molecule has 3 rings (SSSR count). The molecular weight excluding hydrogens is 284 g/mol. The van der Waals surface area contributed by atoms with Crippen LogP contribution < -0.4 is 11.1 Å². The Morgan fingerprint density at radius 3 is 2.64 bits per heavy atom. The lowest BCUT2D eigenvalue weighted by Crippen LogP contribution is -2.39. The van der Waals surface area contributed by atoms with Crippen molar-refractivity contribution in [1.82, 2.24) is 4.90 Å². The molecule has 3 N–H and O–H groups in total. The molecule has 1 aromatic carbocycles. The van der Waals surface area contributed by atoms with Crippen LogP contribution in [0.4, 0.5) is 16.2 Å². The van der Waals surface area contributed by atoms with E-state index in [2.05, 4.69) is 5.32 Å². The van der Waals surface area contributed by atoms with Crippen LogP contribution in [0.1, 0.15) is 19.3 Å².